The number of fused-ring (bicyclic) bond motifs is 1. The zero-order valence-electron chi connectivity index (χ0n) is 17.5. The van der Waals surface area contributed by atoms with Crippen molar-refractivity contribution in [1.29, 1.82) is 5.26 Å². The highest BCUT2D eigenvalue weighted by molar-refractivity contribution is 7.17. The zero-order chi connectivity index (χ0) is 23.5. The third-order valence-corrected chi connectivity index (χ3v) is 7.31. The summed E-state index contributed by atoms with van der Waals surface area (Å²) in [6.07, 6.45) is 4.95. The largest absolute Gasteiger partial charge is 0.465 e. The van der Waals surface area contributed by atoms with Gasteiger partial charge in [0, 0.05) is 16.5 Å². The average molecular weight is 501 g/mol. The number of rotatable bonds is 5. The Labute approximate surface area is 204 Å². The van der Waals surface area contributed by atoms with E-state index in [0.717, 1.165) is 36.1 Å². The lowest BCUT2D eigenvalue weighted by Crippen LogP contribution is -2.16. The molecular formula is C24H18Cl2N2O4S. The Morgan fingerprint density at radius 1 is 1.21 bits per heavy atom. The molecule has 0 aliphatic heterocycles. The van der Waals surface area contributed by atoms with Crippen LogP contribution in [-0.4, -0.2) is 19.0 Å². The molecule has 1 aromatic carbocycles. The van der Waals surface area contributed by atoms with Gasteiger partial charge >= 0.3 is 5.97 Å². The number of amides is 1. The average Bonchev–Trinajstić information content (AvgIpc) is 3.42. The predicted molar refractivity (Wildman–Crippen MR) is 129 cm³/mol. The van der Waals surface area contributed by atoms with Crippen LogP contribution in [0.4, 0.5) is 5.00 Å². The summed E-state index contributed by atoms with van der Waals surface area (Å²) < 4.78 is 10.7. The van der Waals surface area contributed by atoms with Crippen LogP contribution in [0.15, 0.2) is 40.3 Å². The van der Waals surface area contributed by atoms with Gasteiger partial charge in [-0.1, -0.05) is 29.3 Å². The van der Waals surface area contributed by atoms with Gasteiger partial charge in [-0.25, -0.2) is 4.79 Å². The number of carbonyl (C=O) groups is 2. The first-order valence-corrected chi connectivity index (χ1v) is 11.7. The second-order valence-corrected chi connectivity index (χ2v) is 9.22. The number of methoxy groups -OCH3 is 1. The minimum absolute atomic E-state index is 0.171. The van der Waals surface area contributed by atoms with Gasteiger partial charge in [0.2, 0.25) is 0 Å². The molecule has 0 bridgehead atoms. The fourth-order valence-electron chi connectivity index (χ4n) is 3.70. The molecule has 33 heavy (non-hydrogen) atoms. The second-order valence-electron chi connectivity index (χ2n) is 7.33. The molecule has 1 aliphatic carbocycles. The molecule has 0 fully saturated rings. The van der Waals surface area contributed by atoms with Crippen LogP contribution in [-0.2, 0) is 22.4 Å². The van der Waals surface area contributed by atoms with Gasteiger partial charge in [-0.3, -0.25) is 4.79 Å². The monoisotopic (exact) mass is 500 g/mol. The van der Waals surface area contributed by atoms with Gasteiger partial charge in [0.15, 0.2) is 0 Å². The Kier molecular flexibility index (Phi) is 6.89. The molecule has 3 aromatic rings. The predicted octanol–water partition coefficient (Wildman–Crippen LogP) is 6.53. The number of nitrogens with one attached hydrogen (secondary N) is 1. The summed E-state index contributed by atoms with van der Waals surface area (Å²) in [5, 5.41) is 13.4. The Hall–Kier alpha value is -3.05. The van der Waals surface area contributed by atoms with Gasteiger partial charge in [-0.15, -0.1) is 11.3 Å². The summed E-state index contributed by atoms with van der Waals surface area (Å²) in [6.45, 7) is 0. The van der Waals surface area contributed by atoms with E-state index in [0.29, 0.717) is 37.7 Å². The number of thiophene rings is 1. The van der Waals surface area contributed by atoms with Crippen molar-refractivity contribution >= 4 is 57.5 Å². The lowest BCUT2D eigenvalue weighted by atomic mass is 9.95. The van der Waals surface area contributed by atoms with Crippen LogP contribution in [0.25, 0.3) is 17.4 Å². The molecule has 6 nitrogen and oxygen atoms in total. The Balaban J connectivity index is 1.61. The molecule has 2 aromatic heterocycles. The molecule has 0 radical (unpaired) electrons. The number of furan rings is 1. The number of hydrogen-bond acceptors (Lipinski definition) is 6. The van der Waals surface area contributed by atoms with Gasteiger partial charge in [0.1, 0.15) is 28.2 Å². The summed E-state index contributed by atoms with van der Waals surface area (Å²) >= 11 is 13.7. The van der Waals surface area contributed by atoms with Crippen LogP contribution < -0.4 is 5.32 Å². The second kappa shape index (κ2) is 9.84. The quantitative estimate of drug-likeness (QED) is 0.244. The van der Waals surface area contributed by atoms with Crippen molar-refractivity contribution in [1.82, 2.24) is 0 Å². The van der Waals surface area contributed by atoms with Crippen LogP contribution in [0.1, 0.15) is 39.4 Å². The number of carbonyl (C=O) groups excluding carboxylic acids is 2. The molecule has 1 amide bonds. The third kappa shape index (κ3) is 4.69. The van der Waals surface area contributed by atoms with E-state index in [-0.39, 0.29) is 5.57 Å². The highest BCUT2D eigenvalue weighted by Gasteiger charge is 2.27. The van der Waals surface area contributed by atoms with Gasteiger partial charge < -0.3 is 14.5 Å². The van der Waals surface area contributed by atoms with Gasteiger partial charge in [-0.2, -0.15) is 5.26 Å². The van der Waals surface area contributed by atoms with Crippen molar-refractivity contribution < 1.29 is 18.7 Å². The van der Waals surface area contributed by atoms with Crippen molar-refractivity contribution in [2.75, 3.05) is 12.4 Å². The molecule has 168 valence electrons. The number of anilines is 1. The van der Waals surface area contributed by atoms with Crippen molar-refractivity contribution in [2.45, 2.75) is 25.7 Å². The summed E-state index contributed by atoms with van der Waals surface area (Å²) in [6, 6.07) is 10.4. The van der Waals surface area contributed by atoms with Crippen molar-refractivity contribution in [2.24, 2.45) is 0 Å². The smallest absolute Gasteiger partial charge is 0.341 e. The van der Waals surface area contributed by atoms with Crippen LogP contribution in [0.2, 0.25) is 10.0 Å². The number of benzene rings is 1. The number of ether oxygens (including phenoxy) is 1. The number of halogens is 2. The maximum absolute atomic E-state index is 12.9. The topological polar surface area (TPSA) is 92.3 Å². The van der Waals surface area contributed by atoms with Crippen molar-refractivity contribution in [3.05, 3.63) is 67.7 Å². The van der Waals surface area contributed by atoms with E-state index >= 15 is 0 Å². The van der Waals surface area contributed by atoms with E-state index in [1.54, 1.807) is 30.3 Å². The minimum Gasteiger partial charge on any atom is -0.465 e. The molecule has 1 N–H and O–H groups in total. The fraction of sp³-hybridized carbons (Fsp3) is 0.208. The van der Waals surface area contributed by atoms with Gasteiger partial charge in [0.05, 0.1) is 22.7 Å². The van der Waals surface area contributed by atoms with E-state index in [4.69, 9.17) is 32.4 Å². The third-order valence-electron chi connectivity index (χ3n) is 5.28. The number of esters is 1. The summed E-state index contributed by atoms with van der Waals surface area (Å²) in [5.74, 6) is -0.391. The number of aryl methyl sites for hydroxylation is 1. The maximum atomic E-state index is 12.9. The summed E-state index contributed by atoms with van der Waals surface area (Å²) in [7, 11) is 1.31. The molecule has 4 rings (SSSR count). The zero-order valence-corrected chi connectivity index (χ0v) is 19.9. The van der Waals surface area contributed by atoms with Gasteiger partial charge in [-0.05, 0) is 55.5 Å². The normalized spacial score (nSPS) is 13.2. The molecule has 0 saturated carbocycles. The summed E-state index contributed by atoms with van der Waals surface area (Å²) in [4.78, 5) is 26.3. The lowest BCUT2D eigenvalue weighted by molar-refractivity contribution is -0.112. The number of hydrogen-bond donors (Lipinski definition) is 1. The molecule has 2 heterocycles. The fourth-order valence-corrected chi connectivity index (χ4v) is 5.37. The first kappa shape index (κ1) is 23.1. The molecule has 0 unspecified atom stereocenters. The lowest BCUT2D eigenvalue weighted by Gasteiger charge is -2.11. The SMILES string of the molecule is COC(=O)c1c(NC(=O)/C(C#N)=C/c2ccc(-c3cccc(Cl)c3Cl)o2)sc2c1CCCC2. The number of nitriles is 1. The first-order valence-electron chi connectivity index (χ1n) is 10.1. The molecule has 0 atom stereocenters. The van der Waals surface area contributed by atoms with E-state index in [9.17, 15) is 14.9 Å². The van der Waals surface area contributed by atoms with E-state index in [1.165, 1.54) is 24.5 Å². The van der Waals surface area contributed by atoms with Gasteiger partial charge in [0.25, 0.3) is 5.91 Å². The van der Waals surface area contributed by atoms with E-state index in [1.807, 2.05) is 6.07 Å². The molecule has 9 heteroatoms. The maximum Gasteiger partial charge on any atom is 0.341 e. The van der Waals surface area contributed by atoms with Crippen LogP contribution in [0.3, 0.4) is 0 Å². The standard InChI is InChI=1S/C24H18Cl2N2O4S/c1-31-24(30)20-16-5-2-3-8-19(16)33-23(20)28-22(29)13(12-27)11-14-9-10-18(32-14)15-6-4-7-17(25)21(15)26/h4,6-7,9-11H,2-3,5,8H2,1H3,(H,28,29)/b13-11+. The van der Waals surface area contributed by atoms with Crippen LogP contribution >= 0.6 is 34.5 Å². The minimum atomic E-state index is -0.639. The first-order chi connectivity index (χ1) is 15.9. The van der Waals surface area contributed by atoms with Crippen LogP contribution in [0.5, 0.6) is 0 Å². The Morgan fingerprint density at radius 3 is 2.76 bits per heavy atom. The molecular weight excluding hydrogens is 483 g/mol. The van der Waals surface area contributed by atoms with E-state index in [2.05, 4.69) is 5.32 Å². The summed E-state index contributed by atoms with van der Waals surface area (Å²) in [5.41, 5.74) is 1.72. The van der Waals surface area contributed by atoms with Crippen LogP contribution in [0, 0.1) is 11.3 Å². The van der Waals surface area contributed by atoms with Crippen molar-refractivity contribution in [3.63, 3.8) is 0 Å². The molecule has 1 aliphatic rings. The Morgan fingerprint density at radius 2 is 2.00 bits per heavy atom. The highest BCUT2D eigenvalue weighted by Crippen LogP contribution is 2.39. The molecule has 0 saturated heterocycles. The molecule has 0 spiro atoms. The van der Waals surface area contributed by atoms with E-state index < -0.39 is 11.9 Å². The number of nitrogens with zero attached hydrogens (tertiary/aromatic N) is 1. The highest BCUT2D eigenvalue weighted by atomic mass is 35.5. The van der Waals surface area contributed by atoms with Crippen molar-refractivity contribution in [3.8, 4) is 17.4 Å². The Bertz CT molecular complexity index is 1320.